The molecule has 176 valence electrons. The normalized spacial score (nSPS) is 15.5. The monoisotopic (exact) mass is 471 g/mol. The molecule has 33 heavy (non-hydrogen) atoms. The highest BCUT2D eigenvalue weighted by Gasteiger charge is 2.23. The zero-order chi connectivity index (χ0) is 23.4. The minimum Gasteiger partial charge on any atom is -0.349 e. The van der Waals surface area contributed by atoms with Gasteiger partial charge in [0.1, 0.15) is 0 Å². The molecule has 4 rings (SSSR count). The number of hydrogen-bond donors (Lipinski definition) is 4. The van der Waals surface area contributed by atoms with Gasteiger partial charge < -0.3 is 20.2 Å². The van der Waals surface area contributed by atoms with Crippen molar-refractivity contribution in [2.24, 2.45) is 0 Å². The molecule has 1 saturated heterocycles. The Balaban J connectivity index is 1.46. The van der Waals surface area contributed by atoms with Crippen LogP contribution in [0.15, 0.2) is 52.2 Å². The Hall–Kier alpha value is -3.11. The summed E-state index contributed by atoms with van der Waals surface area (Å²) >= 11 is 0. The Kier molecular flexibility index (Phi) is 6.85. The number of anilines is 1. The van der Waals surface area contributed by atoms with Gasteiger partial charge in [-0.05, 0) is 56.1 Å². The SMILES string of the molecule is CCCCN1CCC(NC(=O)c2ccccc2NS(=O)(=O)c2ccc3[nH]c(=O)[nH]c3c2)CC1. The molecule has 2 aromatic carbocycles. The van der Waals surface area contributed by atoms with E-state index in [9.17, 15) is 18.0 Å². The molecule has 1 aliphatic rings. The number of amides is 1. The number of piperidine rings is 1. The zero-order valence-corrected chi connectivity index (χ0v) is 19.4. The molecular weight excluding hydrogens is 442 g/mol. The van der Waals surface area contributed by atoms with Crippen molar-refractivity contribution in [3.8, 4) is 0 Å². The largest absolute Gasteiger partial charge is 0.349 e. The lowest BCUT2D eigenvalue weighted by Crippen LogP contribution is -2.45. The van der Waals surface area contributed by atoms with Gasteiger partial charge in [-0.25, -0.2) is 13.2 Å². The van der Waals surface area contributed by atoms with E-state index in [0.29, 0.717) is 11.0 Å². The Labute approximate surface area is 192 Å². The fourth-order valence-electron chi connectivity index (χ4n) is 4.10. The first kappa shape index (κ1) is 23.1. The quantitative estimate of drug-likeness (QED) is 0.402. The number of carbonyl (C=O) groups excluding carboxylic acids is 1. The number of rotatable bonds is 8. The predicted octanol–water partition coefficient (Wildman–Crippen LogP) is 2.65. The van der Waals surface area contributed by atoms with E-state index in [2.05, 4.69) is 31.8 Å². The van der Waals surface area contributed by atoms with Crippen LogP contribution in [0, 0.1) is 0 Å². The second-order valence-corrected chi connectivity index (χ2v) is 10.1. The molecule has 1 fully saturated rings. The second-order valence-electron chi connectivity index (χ2n) is 8.38. The van der Waals surface area contributed by atoms with Crippen molar-refractivity contribution in [2.75, 3.05) is 24.4 Å². The number of fused-ring (bicyclic) bond motifs is 1. The highest BCUT2D eigenvalue weighted by molar-refractivity contribution is 7.92. The van der Waals surface area contributed by atoms with Gasteiger partial charge in [0.2, 0.25) is 0 Å². The van der Waals surface area contributed by atoms with Gasteiger partial charge in [-0.3, -0.25) is 9.52 Å². The van der Waals surface area contributed by atoms with Crippen LogP contribution in [0.2, 0.25) is 0 Å². The number of para-hydroxylation sites is 1. The lowest BCUT2D eigenvalue weighted by Gasteiger charge is -2.32. The maximum atomic E-state index is 13.0. The number of nitrogens with zero attached hydrogens (tertiary/aromatic N) is 1. The Bertz CT molecular complexity index is 1290. The Morgan fingerprint density at radius 3 is 2.58 bits per heavy atom. The second kappa shape index (κ2) is 9.80. The lowest BCUT2D eigenvalue weighted by atomic mass is 10.0. The van der Waals surface area contributed by atoms with E-state index >= 15 is 0 Å². The predicted molar refractivity (Wildman–Crippen MR) is 128 cm³/mol. The topological polar surface area (TPSA) is 127 Å². The standard InChI is InChI=1S/C23H29N5O4S/c1-2-3-12-28-13-10-16(11-14-28)24-22(29)18-6-4-5-7-19(18)27-33(31,32)17-8-9-20-21(15-17)26-23(30)25-20/h4-9,15-16,27H,2-3,10-14H2,1H3,(H,24,29)(H2,25,26,30). The Morgan fingerprint density at radius 1 is 1.09 bits per heavy atom. The van der Waals surface area contributed by atoms with Gasteiger partial charge in [-0.1, -0.05) is 25.5 Å². The van der Waals surface area contributed by atoms with Gasteiger partial charge in [0.15, 0.2) is 0 Å². The van der Waals surface area contributed by atoms with Crippen LogP contribution in [-0.2, 0) is 10.0 Å². The number of benzene rings is 2. The summed E-state index contributed by atoms with van der Waals surface area (Å²) in [5.74, 6) is -0.300. The van der Waals surface area contributed by atoms with E-state index in [1.807, 2.05) is 0 Å². The third kappa shape index (κ3) is 5.45. The van der Waals surface area contributed by atoms with Crippen LogP contribution in [0.4, 0.5) is 5.69 Å². The van der Waals surface area contributed by atoms with Crippen molar-refractivity contribution in [3.05, 3.63) is 58.5 Å². The summed E-state index contributed by atoms with van der Waals surface area (Å²) in [7, 11) is -3.97. The molecule has 10 heteroatoms. The van der Waals surface area contributed by atoms with Gasteiger partial charge in [0, 0.05) is 19.1 Å². The number of sulfonamides is 1. The van der Waals surface area contributed by atoms with Crippen molar-refractivity contribution < 1.29 is 13.2 Å². The fraction of sp³-hybridized carbons (Fsp3) is 0.391. The zero-order valence-electron chi connectivity index (χ0n) is 18.6. The molecule has 0 radical (unpaired) electrons. The van der Waals surface area contributed by atoms with Crippen LogP contribution in [0.25, 0.3) is 11.0 Å². The molecule has 3 aromatic rings. The lowest BCUT2D eigenvalue weighted by molar-refractivity contribution is 0.0911. The molecule has 1 amide bonds. The van der Waals surface area contributed by atoms with Gasteiger partial charge in [-0.15, -0.1) is 0 Å². The van der Waals surface area contributed by atoms with Crippen LogP contribution in [-0.4, -0.2) is 54.9 Å². The van der Waals surface area contributed by atoms with E-state index in [0.717, 1.165) is 32.5 Å². The van der Waals surface area contributed by atoms with Crippen LogP contribution in [0.5, 0.6) is 0 Å². The van der Waals surface area contributed by atoms with Crippen molar-refractivity contribution in [1.82, 2.24) is 20.2 Å². The third-order valence-corrected chi connectivity index (χ3v) is 7.33. The van der Waals surface area contributed by atoms with Crippen LogP contribution >= 0.6 is 0 Å². The maximum absolute atomic E-state index is 13.0. The number of carbonyl (C=O) groups is 1. The smallest absolute Gasteiger partial charge is 0.323 e. The first-order valence-electron chi connectivity index (χ1n) is 11.2. The first-order valence-corrected chi connectivity index (χ1v) is 12.7. The number of hydrogen-bond acceptors (Lipinski definition) is 5. The minimum absolute atomic E-state index is 0.0140. The molecule has 1 aromatic heterocycles. The number of nitrogens with one attached hydrogen (secondary N) is 4. The highest BCUT2D eigenvalue weighted by atomic mass is 32.2. The number of H-pyrrole nitrogens is 2. The molecule has 9 nitrogen and oxygen atoms in total. The van der Waals surface area contributed by atoms with Gasteiger partial charge in [0.25, 0.3) is 15.9 Å². The van der Waals surface area contributed by atoms with Gasteiger partial charge in [0.05, 0.1) is 27.2 Å². The third-order valence-electron chi connectivity index (χ3n) is 5.96. The summed E-state index contributed by atoms with van der Waals surface area (Å²) in [6, 6.07) is 10.9. The summed E-state index contributed by atoms with van der Waals surface area (Å²) < 4.78 is 28.5. The summed E-state index contributed by atoms with van der Waals surface area (Å²) in [5, 5.41) is 3.06. The molecule has 0 saturated carbocycles. The van der Waals surface area contributed by atoms with Crippen LogP contribution < -0.4 is 15.7 Å². The molecule has 2 heterocycles. The first-order chi connectivity index (χ1) is 15.9. The van der Waals surface area contributed by atoms with Gasteiger partial charge in [-0.2, -0.15) is 0 Å². The molecule has 1 aliphatic heterocycles. The molecule has 0 unspecified atom stereocenters. The average Bonchev–Trinajstić information content (AvgIpc) is 3.18. The van der Waals surface area contributed by atoms with Crippen molar-refractivity contribution in [1.29, 1.82) is 0 Å². The number of aromatic nitrogens is 2. The van der Waals surface area contributed by atoms with Gasteiger partial charge >= 0.3 is 5.69 Å². The molecule has 4 N–H and O–H groups in total. The molecule has 0 aliphatic carbocycles. The van der Waals surface area contributed by atoms with E-state index in [1.54, 1.807) is 24.3 Å². The summed E-state index contributed by atoms with van der Waals surface area (Å²) in [5.41, 5.74) is 0.966. The van der Waals surface area contributed by atoms with Crippen molar-refractivity contribution in [3.63, 3.8) is 0 Å². The maximum Gasteiger partial charge on any atom is 0.323 e. The summed E-state index contributed by atoms with van der Waals surface area (Å²) in [4.78, 5) is 32.0. The van der Waals surface area contributed by atoms with Crippen molar-refractivity contribution >= 4 is 32.7 Å². The Morgan fingerprint density at radius 2 is 1.82 bits per heavy atom. The number of aromatic amines is 2. The molecular formula is C23H29N5O4S. The van der Waals surface area contributed by atoms with E-state index in [-0.39, 0.29) is 28.1 Å². The number of unbranched alkanes of at least 4 members (excludes halogenated alkanes) is 1. The molecule has 0 bridgehead atoms. The number of imidazole rings is 1. The van der Waals surface area contributed by atoms with E-state index in [4.69, 9.17) is 0 Å². The summed E-state index contributed by atoms with van der Waals surface area (Å²) in [6.45, 7) is 5.16. The average molecular weight is 472 g/mol. The molecule has 0 spiro atoms. The highest BCUT2D eigenvalue weighted by Crippen LogP contribution is 2.22. The van der Waals surface area contributed by atoms with E-state index < -0.39 is 15.7 Å². The minimum atomic E-state index is -3.97. The fourth-order valence-corrected chi connectivity index (χ4v) is 5.20. The van der Waals surface area contributed by atoms with E-state index in [1.165, 1.54) is 31.0 Å². The summed E-state index contributed by atoms with van der Waals surface area (Å²) in [6.07, 6.45) is 4.09. The van der Waals surface area contributed by atoms with Crippen molar-refractivity contribution in [2.45, 2.75) is 43.5 Å². The van der Waals surface area contributed by atoms with Crippen LogP contribution in [0.1, 0.15) is 43.0 Å². The molecule has 0 atom stereocenters. The number of likely N-dealkylation sites (tertiary alicyclic amines) is 1. The van der Waals surface area contributed by atoms with Crippen LogP contribution in [0.3, 0.4) is 0 Å².